The predicted octanol–water partition coefficient (Wildman–Crippen LogP) is 2.13. The molecule has 0 atom stereocenters. The second kappa shape index (κ2) is 6.29. The Labute approximate surface area is 152 Å². The highest BCUT2D eigenvalue weighted by atomic mass is 19.4. The van der Waals surface area contributed by atoms with E-state index in [-0.39, 0.29) is 30.7 Å². The minimum absolute atomic E-state index is 0.133. The summed E-state index contributed by atoms with van der Waals surface area (Å²) in [6.07, 6.45) is -1.31. The molecule has 4 rings (SSSR count). The number of hydrogen-bond donors (Lipinski definition) is 1. The number of carbonyl (C=O) groups excluding carboxylic acids is 2. The third-order valence-electron chi connectivity index (χ3n) is 4.74. The summed E-state index contributed by atoms with van der Waals surface area (Å²) in [4.78, 5) is 27.1. The Morgan fingerprint density at radius 1 is 1.22 bits per heavy atom. The Hall–Kier alpha value is -3.04. The Kier molecular flexibility index (Phi) is 4.05. The second-order valence-corrected chi connectivity index (χ2v) is 6.47. The average Bonchev–Trinajstić information content (AvgIpc) is 3.21. The lowest BCUT2D eigenvalue weighted by atomic mass is 10.0. The van der Waals surface area contributed by atoms with Gasteiger partial charge in [0.05, 0.1) is 29.1 Å². The molecular weight excluding hydrogens is 363 g/mol. The van der Waals surface area contributed by atoms with Gasteiger partial charge in [-0.15, -0.1) is 0 Å². The van der Waals surface area contributed by atoms with Gasteiger partial charge in [0.15, 0.2) is 0 Å². The second-order valence-electron chi connectivity index (χ2n) is 6.47. The Morgan fingerprint density at radius 2 is 1.96 bits per heavy atom. The zero-order valence-corrected chi connectivity index (χ0v) is 14.1. The zero-order valence-electron chi connectivity index (χ0n) is 14.1. The number of alkyl halides is 3. The van der Waals surface area contributed by atoms with Gasteiger partial charge in [-0.3, -0.25) is 14.4 Å². The molecule has 0 bridgehead atoms. The topological polar surface area (TPSA) is 70.5 Å². The van der Waals surface area contributed by atoms with Crippen molar-refractivity contribution in [3.8, 4) is 0 Å². The van der Waals surface area contributed by atoms with Gasteiger partial charge in [-0.2, -0.15) is 18.3 Å². The van der Waals surface area contributed by atoms with Crippen LogP contribution in [-0.4, -0.2) is 52.8 Å². The van der Waals surface area contributed by atoms with Crippen LogP contribution in [0.5, 0.6) is 0 Å². The third kappa shape index (κ3) is 3.11. The normalized spacial score (nSPS) is 17.8. The lowest BCUT2D eigenvalue weighted by Gasteiger charge is -2.39. The molecule has 10 heteroatoms. The molecule has 2 aliphatic rings. The van der Waals surface area contributed by atoms with E-state index in [1.807, 2.05) is 0 Å². The van der Waals surface area contributed by atoms with E-state index in [1.54, 1.807) is 22.0 Å². The molecule has 2 aliphatic heterocycles. The minimum Gasteiger partial charge on any atom is -0.336 e. The van der Waals surface area contributed by atoms with Crippen molar-refractivity contribution in [1.29, 1.82) is 0 Å². The van der Waals surface area contributed by atoms with E-state index in [0.29, 0.717) is 18.8 Å². The Bertz CT molecular complexity index is 889. The van der Waals surface area contributed by atoms with Crippen LogP contribution in [0.3, 0.4) is 0 Å². The summed E-state index contributed by atoms with van der Waals surface area (Å²) in [5.41, 5.74) is -0.629. The summed E-state index contributed by atoms with van der Waals surface area (Å²) in [7, 11) is 0. The van der Waals surface area contributed by atoms with E-state index in [2.05, 4.69) is 10.4 Å². The molecule has 3 amide bonds. The molecule has 1 aromatic carbocycles. The molecule has 0 unspecified atom stereocenters. The number of amides is 3. The van der Waals surface area contributed by atoms with Crippen molar-refractivity contribution in [2.75, 3.05) is 31.1 Å². The van der Waals surface area contributed by atoms with Crippen LogP contribution in [0.2, 0.25) is 0 Å². The van der Waals surface area contributed by atoms with Crippen molar-refractivity contribution < 1.29 is 22.8 Å². The molecule has 0 radical (unpaired) electrons. The average molecular weight is 379 g/mol. The first-order chi connectivity index (χ1) is 12.8. The molecule has 142 valence electrons. The molecule has 0 spiro atoms. The van der Waals surface area contributed by atoms with Gasteiger partial charge in [-0.05, 0) is 12.1 Å². The quantitative estimate of drug-likeness (QED) is 0.888. The van der Waals surface area contributed by atoms with Crippen molar-refractivity contribution in [3.05, 3.63) is 47.8 Å². The van der Waals surface area contributed by atoms with E-state index >= 15 is 0 Å². The number of aromatic nitrogens is 2. The zero-order chi connectivity index (χ0) is 19.2. The molecule has 27 heavy (non-hydrogen) atoms. The molecule has 2 fully saturated rings. The molecule has 0 aliphatic carbocycles. The maximum absolute atomic E-state index is 13.1. The highest BCUT2D eigenvalue weighted by molar-refractivity contribution is 5.96. The maximum atomic E-state index is 13.1. The van der Waals surface area contributed by atoms with E-state index in [9.17, 15) is 22.8 Å². The van der Waals surface area contributed by atoms with Crippen LogP contribution in [0.4, 0.5) is 23.7 Å². The number of anilines is 1. The van der Waals surface area contributed by atoms with Gasteiger partial charge >= 0.3 is 12.2 Å². The van der Waals surface area contributed by atoms with Gasteiger partial charge in [0.1, 0.15) is 0 Å². The number of hydrogen-bond acceptors (Lipinski definition) is 3. The highest BCUT2D eigenvalue weighted by Crippen LogP contribution is 2.34. The number of likely N-dealkylation sites (tertiary alicyclic amines) is 1. The summed E-state index contributed by atoms with van der Waals surface area (Å²) < 4.78 is 40.9. The van der Waals surface area contributed by atoms with E-state index in [1.165, 1.54) is 23.1 Å². The predicted molar refractivity (Wildman–Crippen MR) is 89.4 cm³/mol. The van der Waals surface area contributed by atoms with Crippen LogP contribution >= 0.6 is 0 Å². The standard InChI is InChI=1S/C17H16F3N5O2/c18-17(19,20)14-4-2-1-3-13(14)15(26)23-8-12(9-23)25-10-11(7-22-25)24-6-5-21-16(24)27/h1-4,7,10,12H,5-6,8-9H2,(H,21,27). The smallest absolute Gasteiger partial charge is 0.336 e. The van der Waals surface area contributed by atoms with Crippen molar-refractivity contribution in [2.45, 2.75) is 12.2 Å². The SMILES string of the molecule is O=C(c1ccccc1C(F)(F)F)N1CC(n2cc(N3CCNC3=O)cn2)C1. The molecule has 1 N–H and O–H groups in total. The monoisotopic (exact) mass is 379 g/mol. The molecule has 3 heterocycles. The summed E-state index contributed by atoms with van der Waals surface area (Å²) in [5.74, 6) is -0.648. The summed E-state index contributed by atoms with van der Waals surface area (Å²) >= 11 is 0. The van der Waals surface area contributed by atoms with Crippen LogP contribution in [0.1, 0.15) is 22.0 Å². The first-order valence-electron chi connectivity index (χ1n) is 8.39. The fourth-order valence-corrected chi connectivity index (χ4v) is 3.26. The van der Waals surface area contributed by atoms with E-state index < -0.39 is 17.6 Å². The molecule has 2 saturated heterocycles. The summed E-state index contributed by atoms with van der Waals surface area (Å²) in [6.45, 7) is 1.64. The van der Waals surface area contributed by atoms with Gasteiger partial charge in [0.2, 0.25) is 0 Å². The van der Waals surface area contributed by atoms with Gasteiger partial charge in [-0.1, -0.05) is 12.1 Å². The molecule has 0 saturated carbocycles. The first kappa shape index (κ1) is 17.4. The van der Waals surface area contributed by atoms with Gasteiger partial charge in [0, 0.05) is 32.4 Å². The number of halogens is 3. The van der Waals surface area contributed by atoms with Gasteiger partial charge in [-0.25, -0.2) is 4.79 Å². The minimum atomic E-state index is -4.58. The number of rotatable bonds is 3. The Morgan fingerprint density at radius 3 is 2.63 bits per heavy atom. The lowest BCUT2D eigenvalue weighted by Crippen LogP contribution is -2.51. The van der Waals surface area contributed by atoms with Crippen LogP contribution in [0.15, 0.2) is 36.7 Å². The van der Waals surface area contributed by atoms with Gasteiger partial charge in [0.25, 0.3) is 5.91 Å². The number of carbonyl (C=O) groups is 2. The number of benzene rings is 1. The van der Waals surface area contributed by atoms with Crippen LogP contribution < -0.4 is 10.2 Å². The molecular formula is C17H16F3N5O2. The molecule has 1 aromatic heterocycles. The van der Waals surface area contributed by atoms with Crippen LogP contribution in [-0.2, 0) is 6.18 Å². The highest BCUT2D eigenvalue weighted by Gasteiger charge is 2.39. The molecule has 7 nitrogen and oxygen atoms in total. The summed E-state index contributed by atoms with van der Waals surface area (Å²) in [5, 5.41) is 6.91. The van der Waals surface area contributed by atoms with Crippen molar-refractivity contribution >= 4 is 17.6 Å². The van der Waals surface area contributed by atoms with Crippen LogP contribution in [0, 0.1) is 0 Å². The number of nitrogens with one attached hydrogen (secondary N) is 1. The van der Waals surface area contributed by atoms with E-state index in [0.717, 1.165) is 6.07 Å². The van der Waals surface area contributed by atoms with Crippen molar-refractivity contribution in [1.82, 2.24) is 20.0 Å². The number of nitrogens with zero attached hydrogens (tertiary/aromatic N) is 4. The van der Waals surface area contributed by atoms with Crippen LogP contribution in [0.25, 0.3) is 0 Å². The van der Waals surface area contributed by atoms with Gasteiger partial charge < -0.3 is 10.2 Å². The van der Waals surface area contributed by atoms with E-state index in [4.69, 9.17) is 0 Å². The largest absolute Gasteiger partial charge is 0.417 e. The fourth-order valence-electron chi connectivity index (χ4n) is 3.26. The first-order valence-corrected chi connectivity index (χ1v) is 8.39. The number of urea groups is 1. The molecule has 2 aromatic rings. The Balaban J connectivity index is 1.44. The summed E-state index contributed by atoms with van der Waals surface area (Å²) in [6, 6.07) is 4.45. The maximum Gasteiger partial charge on any atom is 0.417 e. The lowest BCUT2D eigenvalue weighted by molar-refractivity contribution is -0.138. The van der Waals surface area contributed by atoms with Crippen molar-refractivity contribution in [3.63, 3.8) is 0 Å². The fraction of sp³-hybridized carbons (Fsp3) is 0.353. The third-order valence-corrected chi connectivity index (χ3v) is 4.74. The van der Waals surface area contributed by atoms with Crippen molar-refractivity contribution in [2.24, 2.45) is 0 Å².